The molecule has 3 N–H and O–H groups in total. The van der Waals surface area contributed by atoms with Gasteiger partial charge in [-0.3, -0.25) is 19.7 Å². The van der Waals surface area contributed by atoms with Crippen LogP contribution in [0.25, 0.3) is 11.9 Å². The minimum atomic E-state index is -0.670. The van der Waals surface area contributed by atoms with Crippen molar-refractivity contribution in [2.24, 2.45) is 0 Å². The molecule has 1 amide bonds. The van der Waals surface area contributed by atoms with E-state index in [1.807, 2.05) is 0 Å². The fourth-order valence-corrected chi connectivity index (χ4v) is 1.09. The first-order valence-corrected chi connectivity index (χ1v) is 4.29. The Morgan fingerprint density at radius 1 is 1.50 bits per heavy atom. The molecule has 1 aromatic rings. The number of carbonyl (C=O) groups is 1. The van der Waals surface area contributed by atoms with Crippen molar-refractivity contribution in [2.45, 2.75) is 0 Å². The van der Waals surface area contributed by atoms with E-state index in [-0.39, 0.29) is 55.8 Å². The molecule has 8 nitrogen and oxygen atoms in total. The van der Waals surface area contributed by atoms with Crippen LogP contribution in [0.5, 0.6) is 0 Å². The van der Waals surface area contributed by atoms with Crippen molar-refractivity contribution in [2.75, 3.05) is 14.2 Å². The van der Waals surface area contributed by atoms with Crippen LogP contribution in [0.4, 0.5) is 11.4 Å². The van der Waals surface area contributed by atoms with Gasteiger partial charge in [-0.05, 0) is 6.07 Å². The molecule has 0 bridgehead atoms. The van der Waals surface area contributed by atoms with Gasteiger partial charge in [-0.1, -0.05) is 11.8 Å². The van der Waals surface area contributed by atoms with Crippen molar-refractivity contribution >= 4 is 17.3 Å². The van der Waals surface area contributed by atoms with Gasteiger partial charge < -0.3 is 11.9 Å². The molecule has 1 radical (unpaired) electrons. The van der Waals surface area contributed by atoms with E-state index < -0.39 is 10.8 Å². The molecule has 0 saturated carbocycles. The zero-order valence-electron chi connectivity index (χ0n) is 9.91. The Hall–Kier alpha value is -1.09. The summed E-state index contributed by atoms with van der Waals surface area (Å²) in [4.78, 5) is 26.0. The molecule has 0 fully saturated rings. The Kier molecular flexibility index (Phi) is 8.66. The standard InChI is InChI=1S/C9H10N3O4.H2N.Y/c1-11(16-2)9(13)6-3-4-8(12(14)15)7(10)5-6;;/h3-5,10H,1-2H3;1H2;/q2*-1;. The number of carbonyl (C=O) groups excluding carboxylic acids is 1. The quantitative estimate of drug-likeness (QED) is 0.623. The van der Waals surface area contributed by atoms with E-state index in [0.29, 0.717) is 0 Å². The molecule has 0 unspecified atom stereocenters. The van der Waals surface area contributed by atoms with E-state index >= 15 is 0 Å². The van der Waals surface area contributed by atoms with E-state index in [1.54, 1.807) is 0 Å². The molecule has 0 aliphatic heterocycles. The number of nitrogens with one attached hydrogen (secondary N) is 1. The summed E-state index contributed by atoms with van der Waals surface area (Å²) in [5.74, 6) is -0.467. The number of rotatable bonds is 3. The number of nitrogens with zero attached hydrogens (tertiary/aromatic N) is 2. The molecule has 0 aliphatic rings. The van der Waals surface area contributed by atoms with Gasteiger partial charge >= 0.3 is 0 Å². The van der Waals surface area contributed by atoms with Crippen molar-refractivity contribution < 1.29 is 47.3 Å². The molecule has 9 heteroatoms. The molecule has 0 saturated heterocycles. The van der Waals surface area contributed by atoms with E-state index in [0.717, 1.165) is 17.2 Å². The van der Waals surface area contributed by atoms with Crippen LogP contribution < -0.4 is 0 Å². The van der Waals surface area contributed by atoms with Crippen molar-refractivity contribution in [3.05, 3.63) is 45.8 Å². The summed E-state index contributed by atoms with van der Waals surface area (Å²) < 4.78 is 0. The topological polar surface area (TPSA) is 130 Å². The smallest absolute Gasteiger partial charge is 0.277 e. The fraction of sp³-hybridized carbons (Fsp3) is 0.222. The average molecular weight is 329 g/mol. The van der Waals surface area contributed by atoms with Gasteiger partial charge in [-0.2, -0.15) is 0 Å². The molecule has 1 aromatic carbocycles. The molecule has 0 spiro atoms. The Labute approximate surface area is 129 Å². The SMILES string of the molecule is CON(C)C(=O)c1ccc([N+](=O)[O-])c([NH-])c1.[NH2-].[Y]. The second-order valence-electron chi connectivity index (χ2n) is 2.97. The van der Waals surface area contributed by atoms with E-state index in [2.05, 4.69) is 4.84 Å². The second-order valence-corrected chi connectivity index (χ2v) is 2.97. The minimum absolute atomic E-state index is 0. The summed E-state index contributed by atoms with van der Waals surface area (Å²) in [5, 5.41) is 11.4. The maximum atomic E-state index is 11.6. The number of hydrogen-bond donors (Lipinski definition) is 0. The number of hydrogen-bond acceptors (Lipinski definition) is 4. The van der Waals surface area contributed by atoms with Crippen molar-refractivity contribution in [3.8, 4) is 0 Å². The van der Waals surface area contributed by atoms with E-state index in [4.69, 9.17) is 5.73 Å². The maximum absolute atomic E-state index is 11.6. The molecular weight excluding hydrogens is 317 g/mol. The Bertz CT molecular complexity index is 441. The van der Waals surface area contributed by atoms with Gasteiger partial charge in [-0.15, -0.1) is 0 Å². The number of hydroxylamine groups is 2. The summed E-state index contributed by atoms with van der Waals surface area (Å²) in [6.07, 6.45) is 0. The summed E-state index contributed by atoms with van der Waals surface area (Å²) in [6.45, 7) is 0. The van der Waals surface area contributed by atoms with Crippen LogP contribution in [0.2, 0.25) is 0 Å². The van der Waals surface area contributed by atoms with Gasteiger partial charge in [0.25, 0.3) is 11.6 Å². The van der Waals surface area contributed by atoms with E-state index in [9.17, 15) is 14.9 Å². The number of nitro benzene ring substituents is 1. The van der Waals surface area contributed by atoms with E-state index in [1.165, 1.54) is 20.2 Å². The van der Waals surface area contributed by atoms with Gasteiger partial charge in [0.05, 0.1) is 12.0 Å². The normalized spacial score (nSPS) is 8.78. The largest absolute Gasteiger partial charge is 0.693 e. The zero-order chi connectivity index (χ0) is 12.3. The molecule has 0 aliphatic carbocycles. The number of nitrogens with two attached hydrogens (primary N) is 1. The van der Waals surface area contributed by atoms with Crippen molar-refractivity contribution in [1.29, 1.82) is 0 Å². The van der Waals surface area contributed by atoms with Crippen LogP contribution >= 0.6 is 0 Å². The molecular formula is C9H12N4O4Y-2. The summed E-state index contributed by atoms with van der Waals surface area (Å²) in [5.41, 5.74) is 6.91. The first-order valence-electron chi connectivity index (χ1n) is 4.29. The third-order valence-corrected chi connectivity index (χ3v) is 2.00. The van der Waals surface area contributed by atoms with Gasteiger partial charge in [-0.25, -0.2) is 5.06 Å². The van der Waals surface area contributed by atoms with Gasteiger partial charge in [0.2, 0.25) is 0 Å². The van der Waals surface area contributed by atoms with Crippen molar-refractivity contribution in [1.82, 2.24) is 5.06 Å². The van der Waals surface area contributed by atoms with Crippen LogP contribution in [0.15, 0.2) is 18.2 Å². The molecule has 0 aromatic heterocycles. The monoisotopic (exact) mass is 329 g/mol. The molecule has 0 atom stereocenters. The predicted molar refractivity (Wildman–Crippen MR) is 61.5 cm³/mol. The minimum Gasteiger partial charge on any atom is -0.693 e. The van der Waals surface area contributed by atoms with Gasteiger partial charge in [0, 0.05) is 51.4 Å². The zero-order valence-corrected chi connectivity index (χ0v) is 12.8. The molecule has 1 rings (SSSR count). The third kappa shape index (κ3) is 4.30. The number of nitro groups is 1. The summed E-state index contributed by atoms with van der Waals surface area (Å²) in [7, 11) is 2.73. The average Bonchev–Trinajstić information content (AvgIpc) is 2.26. The predicted octanol–water partition coefficient (Wildman–Crippen LogP) is 2.63. The third-order valence-electron chi connectivity index (χ3n) is 2.00. The van der Waals surface area contributed by atoms with Crippen LogP contribution in [0, 0.1) is 10.1 Å². The van der Waals surface area contributed by atoms with Gasteiger partial charge in [0.15, 0.2) is 0 Å². The first kappa shape index (κ1) is 19.3. The number of benzene rings is 1. The fourth-order valence-electron chi connectivity index (χ4n) is 1.09. The molecule has 97 valence electrons. The Morgan fingerprint density at radius 2 is 2.06 bits per heavy atom. The van der Waals surface area contributed by atoms with Crippen LogP contribution in [-0.4, -0.2) is 30.1 Å². The summed E-state index contributed by atoms with van der Waals surface area (Å²) in [6, 6.07) is 3.54. The number of amides is 1. The van der Waals surface area contributed by atoms with Crippen LogP contribution in [0.3, 0.4) is 0 Å². The van der Waals surface area contributed by atoms with Gasteiger partial charge in [0.1, 0.15) is 0 Å². The maximum Gasteiger partial charge on any atom is 0.277 e. The van der Waals surface area contributed by atoms with Crippen LogP contribution in [-0.2, 0) is 37.5 Å². The van der Waals surface area contributed by atoms with Crippen molar-refractivity contribution in [3.63, 3.8) is 0 Å². The molecule has 0 heterocycles. The molecule has 18 heavy (non-hydrogen) atoms. The van der Waals surface area contributed by atoms with Crippen LogP contribution in [0.1, 0.15) is 10.4 Å². The Balaban J connectivity index is 0. The second kappa shape index (κ2) is 8.09. The summed E-state index contributed by atoms with van der Waals surface area (Å²) >= 11 is 0. The first-order chi connectivity index (χ1) is 7.47. The Morgan fingerprint density at radius 3 is 2.44 bits per heavy atom.